The molecule has 1 heterocycles. The van der Waals surface area contributed by atoms with Crippen molar-refractivity contribution < 1.29 is 8.42 Å². The lowest BCUT2D eigenvalue weighted by Crippen LogP contribution is -2.37. The minimum absolute atomic E-state index is 0.0571. The molecule has 1 aromatic rings. The molecule has 3 N–H and O–H groups in total. The van der Waals surface area contributed by atoms with Crippen molar-refractivity contribution in [3.63, 3.8) is 0 Å². The lowest BCUT2D eigenvalue weighted by molar-refractivity contribution is 0.391. The van der Waals surface area contributed by atoms with Gasteiger partial charge in [0.2, 0.25) is 10.0 Å². The Balaban J connectivity index is 2.80. The van der Waals surface area contributed by atoms with Crippen molar-refractivity contribution >= 4 is 27.0 Å². The Morgan fingerprint density at radius 3 is 2.41 bits per heavy atom. The van der Waals surface area contributed by atoms with E-state index in [-0.39, 0.29) is 10.3 Å². The van der Waals surface area contributed by atoms with Gasteiger partial charge < -0.3 is 5.73 Å². The van der Waals surface area contributed by atoms with Crippen LogP contribution in [0.5, 0.6) is 0 Å². The van der Waals surface area contributed by atoms with Gasteiger partial charge in [0, 0.05) is 17.1 Å². The first kappa shape index (κ1) is 14.5. The summed E-state index contributed by atoms with van der Waals surface area (Å²) < 4.78 is 27.1. The third-order valence-electron chi connectivity index (χ3n) is 2.96. The standard InChI is InChI=1S/C11H20N2O2S2/c1-4-9(5-2)8(3)13-17(14,15)11-6-10(12)7-16-11/h6-9,13H,4-5,12H2,1-3H3. The van der Waals surface area contributed by atoms with Gasteiger partial charge >= 0.3 is 0 Å². The molecule has 6 heteroatoms. The molecule has 0 saturated heterocycles. The first-order valence-electron chi connectivity index (χ1n) is 5.77. The number of nitrogen functional groups attached to an aromatic ring is 1. The van der Waals surface area contributed by atoms with Gasteiger partial charge in [-0.3, -0.25) is 0 Å². The van der Waals surface area contributed by atoms with Crippen LogP contribution in [0.4, 0.5) is 5.69 Å². The molecule has 0 aliphatic heterocycles. The largest absolute Gasteiger partial charge is 0.398 e. The fourth-order valence-electron chi connectivity index (χ4n) is 1.87. The second-order valence-corrected chi connectivity index (χ2v) is 7.04. The van der Waals surface area contributed by atoms with Gasteiger partial charge in [0.1, 0.15) is 4.21 Å². The lowest BCUT2D eigenvalue weighted by atomic mass is 9.96. The summed E-state index contributed by atoms with van der Waals surface area (Å²) in [7, 11) is -3.42. The summed E-state index contributed by atoms with van der Waals surface area (Å²) in [5, 5.41) is 1.64. The van der Waals surface area contributed by atoms with Gasteiger partial charge in [-0.1, -0.05) is 26.7 Å². The van der Waals surface area contributed by atoms with Crippen LogP contribution in [0.1, 0.15) is 33.6 Å². The highest BCUT2D eigenvalue weighted by Crippen LogP contribution is 2.23. The predicted octanol–water partition coefficient (Wildman–Crippen LogP) is 2.43. The minimum atomic E-state index is -3.42. The number of nitrogens with one attached hydrogen (secondary N) is 1. The van der Waals surface area contributed by atoms with Crippen LogP contribution in [0.15, 0.2) is 15.7 Å². The van der Waals surface area contributed by atoms with Crippen molar-refractivity contribution in [2.24, 2.45) is 5.92 Å². The average molecular weight is 276 g/mol. The van der Waals surface area contributed by atoms with E-state index in [4.69, 9.17) is 5.73 Å². The number of sulfonamides is 1. The Labute approximate surface area is 107 Å². The Morgan fingerprint density at radius 2 is 2.00 bits per heavy atom. The lowest BCUT2D eigenvalue weighted by Gasteiger charge is -2.21. The van der Waals surface area contributed by atoms with E-state index in [0.29, 0.717) is 11.6 Å². The molecule has 0 radical (unpaired) electrons. The van der Waals surface area contributed by atoms with Gasteiger partial charge in [-0.2, -0.15) is 0 Å². The molecule has 0 bridgehead atoms. The van der Waals surface area contributed by atoms with Crippen molar-refractivity contribution in [3.8, 4) is 0 Å². The molecule has 17 heavy (non-hydrogen) atoms. The van der Waals surface area contributed by atoms with Crippen LogP contribution in [0.2, 0.25) is 0 Å². The number of thiophene rings is 1. The molecule has 1 unspecified atom stereocenters. The third-order valence-corrected chi connectivity index (χ3v) is 5.97. The summed E-state index contributed by atoms with van der Waals surface area (Å²) in [5.74, 6) is 0.363. The monoisotopic (exact) mass is 276 g/mol. The van der Waals surface area contributed by atoms with E-state index in [0.717, 1.165) is 24.2 Å². The molecule has 0 aliphatic rings. The van der Waals surface area contributed by atoms with Crippen molar-refractivity contribution in [3.05, 3.63) is 11.4 Å². The van der Waals surface area contributed by atoms with Gasteiger partial charge in [0.05, 0.1) is 0 Å². The Morgan fingerprint density at radius 1 is 1.41 bits per heavy atom. The molecule has 1 rings (SSSR count). The summed E-state index contributed by atoms with van der Waals surface area (Å²) >= 11 is 1.15. The summed E-state index contributed by atoms with van der Waals surface area (Å²) in [6.07, 6.45) is 1.93. The van der Waals surface area contributed by atoms with E-state index in [9.17, 15) is 8.42 Å². The van der Waals surface area contributed by atoms with Crippen LogP contribution in [0.3, 0.4) is 0 Å². The molecule has 0 fully saturated rings. The highest BCUT2D eigenvalue weighted by Gasteiger charge is 2.22. The van der Waals surface area contributed by atoms with Crippen LogP contribution in [0, 0.1) is 5.92 Å². The molecule has 0 aromatic carbocycles. The smallest absolute Gasteiger partial charge is 0.250 e. The summed E-state index contributed by atoms with van der Waals surface area (Å²) in [6, 6.07) is 1.44. The fraction of sp³-hybridized carbons (Fsp3) is 0.636. The summed E-state index contributed by atoms with van der Waals surface area (Å²) in [5.41, 5.74) is 6.03. The number of nitrogens with two attached hydrogens (primary N) is 1. The van der Waals surface area contributed by atoms with Gasteiger partial charge in [-0.05, 0) is 18.9 Å². The molecular formula is C11H20N2O2S2. The number of rotatable bonds is 6. The normalized spacial score (nSPS) is 14.1. The zero-order valence-corrected chi connectivity index (χ0v) is 12.1. The summed E-state index contributed by atoms with van der Waals surface area (Å²) in [4.78, 5) is 0. The first-order chi connectivity index (χ1) is 7.90. The molecule has 98 valence electrons. The van der Waals surface area contributed by atoms with Crippen molar-refractivity contribution in [2.45, 2.75) is 43.9 Å². The zero-order chi connectivity index (χ0) is 13.1. The number of hydrogen-bond acceptors (Lipinski definition) is 4. The van der Waals surface area contributed by atoms with Gasteiger partial charge in [-0.25, -0.2) is 13.1 Å². The van der Waals surface area contributed by atoms with Crippen LogP contribution < -0.4 is 10.5 Å². The van der Waals surface area contributed by atoms with E-state index in [1.807, 2.05) is 6.92 Å². The topological polar surface area (TPSA) is 72.2 Å². The second-order valence-electron chi connectivity index (χ2n) is 4.19. The molecule has 0 aliphatic carbocycles. The Bertz CT molecular complexity index is 450. The highest BCUT2D eigenvalue weighted by molar-refractivity contribution is 7.91. The maximum absolute atomic E-state index is 12.0. The predicted molar refractivity (Wildman–Crippen MR) is 72.6 cm³/mol. The third kappa shape index (κ3) is 3.69. The summed E-state index contributed by atoms with van der Waals surface area (Å²) in [6.45, 7) is 6.05. The Hall–Kier alpha value is -0.590. The fourth-order valence-corrected chi connectivity index (χ4v) is 4.28. The van der Waals surface area contributed by atoms with E-state index < -0.39 is 10.0 Å². The average Bonchev–Trinajstić information content (AvgIpc) is 2.66. The quantitative estimate of drug-likeness (QED) is 0.838. The maximum atomic E-state index is 12.0. The Kier molecular flexibility index (Phi) is 4.97. The second kappa shape index (κ2) is 5.84. The molecular weight excluding hydrogens is 256 g/mol. The molecule has 0 spiro atoms. The van der Waals surface area contributed by atoms with Crippen molar-refractivity contribution in [1.82, 2.24) is 4.72 Å². The number of anilines is 1. The van der Waals surface area contributed by atoms with Crippen molar-refractivity contribution in [1.29, 1.82) is 0 Å². The SMILES string of the molecule is CCC(CC)C(C)NS(=O)(=O)c1cc(N)cs1. The van der Waals surface area contributed by atoms with Gasteiger partial charge in [0.15, 0.2) is 0 Å². The van der Waals surface area contributed by atoms with Crippen LogP contribution in [-0.2, 0) is 10.0 Å². The van der Waals surface area contributed by atoms with E-state index in [2.05, 4.69) is 18.6 Å². The van der Waals surface area contributed by atoms with Gasteiger partial charge in [-0.15, -0.1) is 11.3 Å². The molecule has 4 nitrogen and oxygen atoms in total. The van der Waals surface area contributed by atoms with Gasteiger partial charge in [0.25, 0.3) is 0 Å². The first-order valence-corrected chi connectivity index (χ1v) is 8.13. The van der Waals surface area contributed by atoms with E-state index in [1.54, 1.807) is 5.38 Å². The van der Waals surface area contributed by atoms with E-state index in [1.165, 1.54) is 6.07 Å². The molecule has 1 aromatic heterocycles. The van der Waals surface area contributed by atoms with Crippen LogP contribution in [0.25, 0.3) is 0 Å². The maximum Gasteiger partial charge on any atom is 0.250 e. The molecule has 0 amide bonds. The van der Waals surface area contributed by atoms with Crippen LogP contribution in [-0.4, -0.2) is 14.5 Å². The van der Waals surface area contributed by atoms with Crippen LogP contribution >= 0.6 is 11.3 Å². The van der Waals surface area contributed by atoms with Crippen molar-refractivity contribution in [2.75, 3.05) is 5.73 Å². The van der Waals surface area contributed by atoms with E-state index >= 15 is 0 Å². The minimum Gasteiger partial charge on any atom is -0.398 e. The molecule has 1 atom stereocenters. The highest BCUT2D eigenvalue weighted by atomic mass is 32.2. The molecule has 0 saturated carbocycles. The zero-order valence-electron chi connectivity index (χ0n) is 10.4. The number of hydrogen-bond donors (Lipinski definition) is 2.